The van der Waals surface area contributed by atoms with Crippen LogP contribution in [0.5, 0.6) is 11.5 Å². The molecule has 3 aromatic rings. The van der Waals surface area contributed by atoms with Gasteiger partial charge in [0.2, 0.25) is 0 Å². The van der Waals surface area contributed by atoms with Crippen LogP contribution < -0.4 is 20.1 Å². The fourth-order valence-electron chi connectivity index (χ4n) is 2.44. The van der Waals surface area contributed by atoms with E-state index in [9.17, 15) is 4.79 Å². The van der Waals surface area contributed by atoms with Gasteiger partial charge < -0.3 is 20.1 Å². The SMILES string of the molecule is COc1ccc(OCCNc2ccc(C(=O)NCc3ccccc3)nn2)cc1. The Labute approximate surface area is 163 Å². The van der Waals surface area contributed by atoms with Gasteiger partial charge in [-0.1, -0.05) is 30.3 Å². The number of amides is 1. The smallest absolute Gasteiger partial charge is 0.272 e. The molecule has 0 saturated heterocycles. The first-order valence-corrected chi connectivity index (χ1v) is 8.91. The van der Waals surface area contributed by atoms with Gasteiger partial charge in [-0.05, 0) is 42.0 Å². The van der Waals surface area contributed by atoms with Crippen molar-refractivity contribution in [1.29, 1.82) is 0 Å². The van der Waals surface area contributed by atoms with Gasteiger partial charge in [0.1, 0.15) is 23.9 Å². The molecule has 0 aliphatic rings. The molecule has 0 saturated carbocycles. The zero-order valence-electron chi connectivity index (χ0n) is 15.6. The van der Waals surface area contributed by atoms with Gasteiger partial charge in [-0.15, -0.1) is 10.2 Å². The van der Waals surface area contributed by atoms with E-state index in [1.54, 1.807) is 19.2 Å². The highest BCUT2D eigenvalue weighted by Gasteiger charge is 2.07. The van der Waals surface area contributed by atoms with Gasteiger partial charge >= 0.3 is 0 Å². The molecule has 0 unspecified atom stereocenters. The largest absolute Gasteiger partial charge is 0.497 e. The van der Waals surface area contributed by atoms with Gasteiger partial charge in [-0.2, -0.15) is 0 Å². The molecule has 0 fully saturated rings. The maximum absolute atomic E-state index is 12.1. The molecule has 3 rings (SSSR count). The molecule has 0 aliphatic carbocycles. The second-order valence-corrected chi connectivity index (χ2v) is 5.92. The average Bonchev–Trinajstić information content (AvgIpc) is 2.76. The van der Waals surface area contributed by atoms with Crippen LogP contribution in [0.25, 0.3) is 0 Å². The van der Waals surface area contributed by atoms with Crippen LogP contribution in [0.4, 0.5) is 5.82 Å². The highest BCUT2D eigenvalue weighted by molar-refractivity contribution is 5.92. The van der Waals surface area contributed by atoms with Crippen molar-refractivity contribution in [3.63, 3.8) is 0 Å². The van der Waals surface area contributed by atoms with Crippen LogP contribution in [-0.4, -0.2) is 36.4 Å². The van der Waals surface area contributed by atoms with Gasteiger partial charge in [-0.3, -0.25) is 4.79 Å². The van der Waals surface area contributed by atoms with Crippen LogP contribution in [0.2, 0.25) is 0 Å². The molecular weight excluding hydrogens is 356 g/mol. The number of nitrogens with one attached hydrogen (secondary N) is 2. The van der Waals surface area contributed by atoms with Gasteiger partial charge in [-0.25, -0.2) is 0 Å². The number of ether oxygens (including phenoxy) is 2. The maximum atomic E-state index is 12.1. The van der Waals surface area contributed by atoms with E-state index in [1.165, 1.54) is 0 Å². The molecule has 1 aromatic heterocycles. The lowest BCUT2D eigenvalue weighted by atomic mass is 10.2. The standard InChI is InChI=1S/C21H22N4O3/c1-27-17-7-9-18(10-8-17)28-14-13-22-20-12-11-19(24-25-20)21(26)23-15-16-5-3-2-4-6-16/h2-12H,13-15H2,1H3,(H,22,25)(H,23,26). The van der Waals surface area contributed by atoms with Crippen molar-refractivity contribution in [2.45, 2.75) is 6.54 Å². The van der Waals surface area contributed by atoms with E-state index in [0.29, 0.717) is 25.5 Å². The number of rotatable bonds is 9. The van der Waals surface area contributed by atoms with E-state index < -0.39 is 0 Å². The normalized spacial score (nSPS) is 10.2. The van der Waals surface area contributed by atoms with Crippen LogP contribution in [0.15, 0.2) is 66.7 Å². The Bertz CT molecular complexity index is 868. The molecule has 28 heavy (non-hydrogen) atoms. The van der Waals surface area contributed by atoms with E-state index >= 15 is 0 Å². The Morgan fingerprint density at radius 3 is 2.36 bits per heavy atom. The highest BCUT2D eigenvalue weighted by Crippen LogP contribution is 2.16. The molecule has 1 amide bonds. The molecule has 2 N–H and O–H groups in total. The summed E-state index contributed by atoms with van der Waals surface area (Å²) >= 11 is 0. The summed E-state index contributed by atoms with van der Waals surface area (Å²) in [4.78, 5) is 12.1. The second kappa shape index (κ2) is 9.91. The Kier molecular flexibility index (Phi) is 6.78. The zero-order chi connectivity index (χ0) is 19.6. The Morgan fingerprint density at radius 1 is 0.929 bits per heavy atom. The van der Waals surface area contributed by atoms with Crippen LogP contribution in [0.3, 0.4) is 0 Å². The van der Waals surface area contributed by atoms with Gasteiger partial charge in [0.25, 0.3) is 5.91 Å². The summed E-state index contributed by atoms with van der Waals surface area (Å²) in [6, 6.07) is 20.4. The lowest BCUT2D eigenvalue weighted by molar-refractivity contribution is 0.0945. The van der Waals surface area contributed by atoms with E-state index in [0.717, 1.165) is 17.1 Å². The van der Waals surface area contributed by atoms with E-state index in [-0.39, 0.29) is 11.6 Å². The minimum absolute atomic E-state index is 0.259. The topological polar surface area (TPSA) is 85.4 Å². The first-order valence-electron chi connectivity index (χ1n) is 8.91. The predicted octanol–water partition coefficient (Wildman–Crippen LogP) is 2.91. The minimum Gasteiger partial charge on any atom is -0.497 e. The first kappa shape index (κ1) is 19.2. The van der Waals surface area contributed by atoms with E-state index in [4.69, 9.17) is 9.47 Å². The first-order chi connectivity index (χ1) is 13.7. The van der Waals surface area contributed by atoms with Crippen molar-refractivity contribution >= 4 is 11.7 Å². The van der Waals surface area contributed by atoms with Crippen molar-refractivity contribution < 1.29 is 14.3 Å². The number of carbonyl (C=O) groups excluding carboxylic acids is 1. The average molecular weight is 378 g/mol. The maximum Gasteiger partial charge on any atom is 0.272 e. The summed E-state index contributed by atoms with van der Waals surface area (Å²) in [6.07, 6.45) is 0. The number of hydrogen-bond donors (Lipinski definition) is 2. The quantitative estimate of drug-likeness (QED) is 0.557. The number of anilines is 1. The van der Waals surface area contributed by atoms with Gasteiger partial charge in [0, 0.05) is 6.54 Å². The molecule has 0 bridgehead atoms. The van der Waals surface area contributed by atoms with E-state index in [2.05, 4.69) is 20.8 Å². The summed E-state index contributed by atoms with van der Waals surface area (Å²) in [5.41, 5.74) is 1.30. The van der Waals surface area contributed by atoms with Gasteiger partial charge in [0.15, 0.2) is 5.69 Å². The van der Waals surface area contributed by atoms with E-state index in [1.807, 2.05) is 54.6 Å². The number of nitrogens with zero attached hydrogens (tertiary/aromatic N) is 2. The van der Waals surface area contributed by atoms with Gasteiger partial charge in [0.05, 0.1) is 13.7 Å². The Balaban J connectivity index is 1.40. The fourth-order valence-corrected chi connectivity index (χ4v) is 2.44. The number of methoxy groups -OCH3 is 1. The molecular formula is C21H22N4O3. The van der Waals surface area contributed by atoms with Crippen molar-refractivity contribution in [2.24, 2.45) is 0 Å². The third-order valence-electron chi connectivity index (χ3n) is 3.93. The van der Waals surface area contributed by atoms with Crippen molar-refractivity contribution in [2.75, 3.05) is 25.6 Å². The summed E-state index contributed by atoms with van der Waals surface area (Å²) in [5.74, 6) is 1.87. The number of carbonyl (C=O) groups is 1. The lowest BCUT2D eigenvalue weighted by Gasteiger charge is -2.09. The van der Waals surface area contributed by atoms with Crippen molar-refractivity contribution in [1.82, 2.24) is 15.5 Å². The second-order valence-electron chi connectivity index (χ2n) is 5.92. The molecule has 0 spiro atoms. The monoisotopic (exact) mass is 378 g/mol. The van der Waals surface area contributed by atoms with Crippen LogP contribution in [0.1, 0.15) is 16.1 Å². The van der Waals surface area contributed by atoms with Crippen LogP contribution in [0, 0.1) is 0 Å². The van der Waals surface area contributed by atoms with Crippen LogP contribution >= 0.6 is 0 Å². The molecule has 7 heteroatoms. The summed E-state index contributed by atoms with van der Waals surface area (Å²) in [7, 11) is 1.62. The molecule has 2 aromatic carbocycles. The molecule has 0 radical (unpaired) electrons. The molecule has 0 aliphatic heterocycles. The lowest BCUT2D eigenvalue weighted by Crippen LogP contribution is -2.24. The highest BCUT2D eigenvalue weighted by atomic mass is 16.5. The zero-order valence-corrected chi connectivity index (χ0v) is 15.6. The molecule has 144 valence electrons. The Morgan fingerprint density at radius 2 is 1.68 bits per heavy atom. The number of aromatic nitrogens is 2. The Hall–Kier alpha value is -3.61. The van der Waals surface area contributed by atoms with Crippen molar-refractivity contribution in [3.05, 3.63) is 78.0 Å². The molecule has 7 nitrogen and oxygen atoms in total. The molecule has 0 atom stereocenters. The third kappa shape index (κ3) is 5.70. The minimum atomic E-state index is -0.259. The fraction of sp³-hybridized carbons (Fsp3) is 0.190. The summed E-state index contributed by atoms with van der Waals surface area (Å²) in [6.45, 7) is 1.47. The third-order valence-corrected chi connectivity index (χ3v) is 3.93. The van der Waals surface area contributed by atoms with Crippen LogP contribution in [-0.2, 0) is 6.54 Å². The number of hydrogen-bond acceptors (Lipinski definition) is 6. The predicted molar refractivity (Wildman–Crippen MR) is 107 cm³/mol. The number of benzene rings is 2. The summed E-state index contributed by atoms with van der Waals surface area (Å²) < 4.78 is 10.7. The summed E-state index contributed by atoms with van der Waals surface area (Å²) in [5, 5.41) is 13.9. The van der Waals surface area contributed by atoms with Crippen molar-refractivity contribution in [3.8, 4) is 11.5 Å². The molecule has 1 heterocycles.